The van der Waals surface area contributed by atoms with E-state index in [0.717, 1.165) is 23.9 Å². The van der Waals surface area contributed by atoms with Crippen molar-refractivity contribution in [2.75, 3.05) is 13.1 Å². The molecular formula is C18H19F3N2O3S. The van der Waals surface area contributed by atoms with Crippen LogP contribution in [0.25, 0.3) is 0 Å². The van der Waals surface area contributed by atoms with E-state index < -0.39 is 27.9 Å². The van der Waals surface area contributed by atoms with Crippen molar-refractivity contribution in [3.8, 4) is 5.88 Å². The number of rotatable bonds is 5. The molecule has 0 saturated carbocycles. The van der Waals surface area contributed by atoms with Gasteiger partial charge in [0.1, 0.15) is 6.10 Å². The number of hydrogen-bond donors (Lipinski definition) is 0. The van der Waals surface area contributed by atoms with E-state index in [2.05, 4.69) is 4.98 Å². The Morgan fingerprint density at radius 1 is 1.26 bits per heavy atom. The molecule has 0 radical (unpaired) electrons. The smallest absolute Gasteiger partial charge is 0.416 e. The average Bonchev–Trinajstić information content (AvgIpc) is 3.03. The van der Waals surface area contributed by atoms with E-state index in [0.29, 0.717) is 12.0 Å². The molecule has 0 aliphatic carbocycles. The van der Waals surface area contributed by atoms with Gasteiger partial charge in [-0.05, 0) is 25.0 Å². The highest BCUT2D eigenvalue weighted by molar-refractivity contribution is 7.88. The monoisotopic (exact) mass is 400 g/mol. The first-order chi connectivity index (χ1) is 12.6. The topological polar surface area (TPSA) is 59.5 Å². The molecule has 0 spiro atoms. The summed E-state index contributed by atoms with van der Waals surface area (Å²) in [6, 6.07) is 8.94. The van der Waals surface area contributed by atoms with Crippen molar-refractivity contribution in [1.29, 1.82) is 0 Å². The predicted octanol–water partition coefficient (Wildman–Crippen LogP) is 3.39. The first-order valence-corrected chi connectivity index (χ1v) is 9.98. The molecule has 1 saturated heterocycles. The largest absolute Gasteiger partial charge is 0.473 e. The Bertz CT molecular complexity index is 916. The quantitative estimate of drug-likeness (QED) is 0.772. The van der Waals surface area contributed by atoms with Crippen molar-refractivity contribution >= 4 is 10.0 Å². The summed E-state index contributed by atoms with van der Waals surface area (Å²) in [6.45, 7) is 2.24. The molecule has 1 atom stereocenters. The normalized spacial score (nSPS) is 18.6. The zero-order valence-electron chi connectivity index (χ0n) is 14.6. The Balaban J connectivity index is 1.64. The number of sulfonamides is 1. The molecule has 1 aliphatic rings. The number of nitrogens with zero attached hydrogens (tertiary/aromatic N) is 2. The minimum atomic E-state index is -4.49. The van der Waals surface area contributed by atoms with Crippen LogP contribution in [0.5, 0.6) is 5.88 Å². The molecule has 0 amide bonds. The van der Waals surface area contributed by atoms with Crippen LogP contribution in [0.15, 0.2) is 42.6 Å². The summed E-state index contributed by atoms with van der Waals surface area (Å²) in [5.41, 5.74) is 0.814. The summed E-state index contributed by atoms with van der Waals surface area (Å²) < 4.78 is 70.3. The first kappa shape index (κ1) is 19.6. The highest BCUT2D eigenvalue weighted by Crippen LogP contribution is 2.31. The highest BCUT2D eigenvalue weighted by Gasteiger charge is 2.34. The maximum absolute atomic E-state index is 12.8. The van der Waals surface area contributed by atoms with Gasteiger partial charge in [-0.25, -0.2) is 13.4 Å². The van der Waals surface area contributed by atoms with E-state index in [-0.39, 0.29) is 24.7 Å². The van der Waals surface area contributed by atoms with E-state index in [1.807, 2.05) is 19.1 Å². The van der Waals surface area contributed by atoms with Crippen molar-refractivity contribution in [2.24, 2.45) is 0 Å². The number of aryl methyl sites for hydroxylation is 1. The van der Waals surface area contributed by atoms with Crippen LogP contribution in [0.2, 0.25) is 0 Å². The lowest BCUT2D eigenvalue weighted by molar-refractivity contribution is -0.137. The Morgan fingerprint density at radius 2 is 2.04 bits per heavy atom. The van der Waals surface area contributed by atoms with E-state index in [4.69, 9.17) is 4.74 Å². The SMILES string of the molecule is Cc1cccc(CS(=O)(=O)N2CCC(Oc3cc(C(F)(F)F)ccn3)C2)c1. The van der Waals surface area contributed by atoms with Crippen LogP contribution >= 0.6 is 0 Å². The first-order valence-electron chi connectivity index (χ1n) is 8.37. The third kappa shape index (κ3) is 4.98. The van der Waals surface area contributed by atoms with Crippen molar-refractivity contribution in [2.45, 2.75) is 31.4 Å². The van der Waals surface area contributed by atoms with Crippen LogP contribution in [0.1, 0.15) is 23.1 Å². The lowest BCUT2D eigenvalue weighted by Gasteiger charge is -2.17. The number of pyridine rings is 1. The fraction of sp³-hybridized carbons (Fsp3) is 0.389. The minimum Gasteiger partial charge on any atom is -0.473 e. The number of benzene rings is 1. The van der Waals surface area contributed by atoms with Gasteiger partial charge in [0.2, 0.25) is 15.9 Å². The number of halogens is 3. The summed E-state index contributed by atoms with van der Waals surface area (Å²) in [5, 5.41) is 0. The number of alkyl halides is 3. The summed E-state index contributed by atoms with van der Waals surface area (Å²) in [4.78, 5) is 3.79. The van der Waals surface area contributed by atoms with Crippen LogP contribution in [0.3, 0.4) is 0 Å². The van der Waals surface area contributed by atoms with Gasteiger partial charge in [-0.2, -0.15) is 17.5 Å². The molecule has 1 aromatic heterocycles. The van der Waals surface area contributed by atoms with E-state index in [9.17, 15) is 21.6 Å². The van der Waals surface area contributed by atoms with Crippen LogP contribution < -0.4 is 4.74 Å². The van der Waals surface area contributed by atoms with Crippen LogP contribution in [0, 0.1) is 6.92 Å². The molecule has 27 heavy (non-hydrogen) atoms. The van der Waals surface area contributed by atoms with Crippen molar-refractivity contribution in [3.05, 3.63) is 59.3 Å². The van der Waals surface area contributed by atoms with E-state index in [1.54, 1.807) is 12.1 Å². The second-order valence-electron chi connectivity index (χ2n) is 6.51. The van der Waals surface area contributed by atoms with Gasteiger partial charge < -0.3 is 4.74 Å². The van der Waals surface area contributed by atoms with Crippen molar-refractivity contribution in [1.82, 2.24) is 9.29 Å². The maximum Gasteiger partial charge on any atom is 0.416 e. The van der Waals surface area contributed by atoms with Gasteiger partial charge in [0.05, 0.1) is 17.9 Å². The molecule has 3 rings (SSSR count). The van der Waals surface area contributed by atoms with Crippen molar-refractivity contribution in [3.63, 3.8) is 0 Å². The predicted molar refractivity (Wildman–Crippen MR) is 93.6 cm³/mol. The molecule has 0 bridgehead atoms. The molecule has 1 aliphatic heterocycles. The third-order valence-corrected chi connectivity index (χ3v) is 6.10. The van der Waals surface area contributed by atoms with E-state index >= 15 is 0 Å². The number of ether oxygens (including phenoxy) is 1. The fourth-order valence-electron chi connectivity index (χ4n) is 2.97. The molecule has 1 fully saturated rings. The molecule has 2 heterocycles. The lowest BCUT2D eigenvalue weighted by atomic mass is 10.2. The third-order valence-electron chi connectivity index (χ3n) is 4.28. The standard InChI is InChI=1S/C18H19F3N2O3S/c1-13-3-2-4-14(9-13)12-27(24,25)23-8-6-16(11-23)26-17-10-15(5-7-22-17)18(19,20)21/h2-5,7,9-10,16H,6,8,11-12H2,1H3. The Morgan fingerprint density at radius 3 is 2.74 bits per heavy atom. The van der Waals surface area contributed by atoms with Crippen LogP contribution in [0.4, 0.5) is 13.2 Å². The van der Waals surface area contributed by atoms with Gasteiger partial charge >= 0.3 is 6.18 Å². The van der Waals surface area contributed by atoms with Crippen LogP contribution in [-0.2, 0) is 22.0 Å². The lowest BCUT2D eigenvalue weighted by Crippen LogP contribution is -2.32. The second-order valence-corrected chi connectivity index (χ2v) is 8.48. The van der Waals surface area contributed by atoms with Gasteiger partial charge in [0.15, 0.2) is 0 Å². The van der Waals surface area contributed by atoms with Gasteiger partial charge in [-0.1, -0.05) is 29.8 Å². The molecule has 2 aromatic rings. The maximum atomic E-state index is 12.8. The van der Waals surface area contributed by atoms with Gasteiger partial charge in [-0.15, -0.1) is 0 Å². The minimum absolute atomic E-state index is 0.0894. The van der Waals surface area contributed by atoms with Gasteiger partial charge in [0, 0.05) is 18.8 Å². The van der Waals surface area contributed by atoms with Gasteiger partial charge in [-0.3, -0.25) is 0 Å². The Kier molecular flexibility index (Phi) is 5.43. The van der Waals surface area contributed by atoms with Crippen LogP contribution in [-0.4, -0.2) is 36.9 Å². The summed E-state index contributed by atoms with van der Waals surface area (Å²) >= 11 is 0. The molecule has 1 aromatic carbocycles. The highest BCUT2D eigenvalue weighted by atomic mass is 32.2. The number of hydrogen-bond acceptors (Lipinski definition) is 4. The molecular weight excluding hydrogens is 381 g/mol. The molecule has 5 nitrogen and oxygen atoms in total. The molecule has 0 N–H and O–H groups in total. The number of aromatic nitrogens is 1. The second kappa shape index (κ2) is 7.47. The zero-order valence-corrected chi connectivity index (χ0v) is 15.4. The Hall–Kier alpha value is -2.13. The summed E-state index contributed by atoms with van der Waals surface area (Å²) in [7, 11) is -3.53. The molecule has 1 unspecified atom stereocenters. The molecule has 9 heteroatoms. The summed E-state index contributed by atoms with van der Waals surface area (Å²) in [6.07, 6.45) is -3.60. The molecule has 146 valence electrons. The van der Waals surface area contributed by atoms with Gasteiger partial charge in [0.25, 0.3) is 0 Å². The zero-order chi connectivity index (χ0) is 19.7. The fourth-order valence-corrected chi connectivity index (χ4v) is 4.53. The summed E-state index contributed by atoms with van der Waals surface area (Å²) in [5.74, 6) is -0.281. The van der Waals surface area contributed by atoms with E-state index in [1.165, 1.54) is 4.31 Å². The Labute approximate surface area is 155 Å². The average molecular weight is 400 g/mol. The van der Waals surface area contributed by atoms with Crippen molar-refractivity contribution < 1.29 is 26.3 Å².